The number of nitrogens with zero attached hydrogens (tertiary/aromatic N) is 1. The van der Waals surface area contributed by atoms with E-state index in [2.05, 4.69) is 10.3 Å². The SMILES string of the molecule is CC(=O)Cc1cccc2cccc(NC(=O)c3ccc4ccccc4n3)c12. The first-order valence-electron chi connectivity index (χ1n) is 8.79. The minimum atomic E-state index is -0.272. The third-order valence-corrected chi connectivity index (χ3v) is 4.51. The lowest BCUT2D eigenvalue weighted by Gasteiger charge is -2.12. The van der Waals surface area contributed by atoms with Gasteiger partial charge >= 0.3 is 0 Å². The maximum Gasteiger partial charge on any atom is 0.274 e. The molecule has 1 heterocycles. The van der Waals surface area contributed by atoms with E-state index in [9.17, 15) is 9.59 Å². The van der Waals surface area contributed by atoms with Gasteiger partial charge in [0.25, 0.3) is 5.91 Å². The van der Waals surface area contributed by atoms with Crippen molar-refractivity contribution in [2.75, 3.05) is 5.32 Å². The standard InChI is InChI=1S/C23H18N2O2/c1-15(26)14-18-9-4-7-17-8-5-11-20(22(17)18)25-23(27)21-13-12-16-6-2-3-10-19(16)24-21/h2-13H,14H2,1H3,(H,25,27). The fourth-order valence-electron chi connectivity index (χ4n) is 3.32. The van der Waals surface area contributed by atoms with Crippen LogP contribution in [0.5, 0.6) is 0 Å². The number of hydrogen-bond donors (Lipinski definition) is 1. The Morgan fingerprint density at radius 2 is 1.59 bits per heavy atom. The Kier molecular flexibility index (Phi) is 4.38. The molecule has 0 saturated carbocycles. The van der Waals surface area contributed by atoms with E-state index in [4.69, 9.17) is 0 Å². The predicted molar refractivity (Wildman–Crippen MR) is 108 cm³/mol. The molecule has 0 radical (unpaired) electrons. The zero-order chi connectivity index (χ0) is 18.8. The van der Waals surface area contributed by atoms with Crippen LogP contribution in [0.15, 0.2) is 72.8 Å². The number of carbonyl (C=O) groups excluding carboxylic acids is 2. The average Bonchev–Trinajstić information content (AvgIpc) is 2.67. The minimum Gasteiger partial charge on any atom is -0.320 e. The van der Waals surface area contributed by atoms with Crippen molar-refractivity contribution in [2.24, 2.45) is 0 Å². The van der Waals surface area contributed by atoms with Crippen LogP contribution in [0.2, 0.25) is 0 Å². The maximum atomic E-state index is 12.8. The van der Waals surface area contributed by atoms with Gasteiger partial charge in [-0.15, -0.1) is 0 Å². The van der Waals surface area contributed by atoms with E-state index in [1.807, 2.05) is 66.7 Å². The molecule has 4 heteroatoms. The molecule has 3 aromatic carbocycles. The van der Waals surface area contributed by atoms with E-state index in [0.717, 1.165) is 27.2 Å². The molecule has 4 nitrogen and oxygen atoms in total. The molecule has 0 unspecified atom stereocenters. The Labute approximate surface area is 156 Å². The molecule has 0 fully saturated rings. The molecule has 0 atom stereocenters. The summed E-state index contributed by atoms with van der Waals surface area (Å²) in [6, 6.07) is 22.8. The van der Waals surface area contributed by atoms with Crippen LogP contribution >= 0.6 is 0 Å². The van der Waals surface area contributed by atoms with Gasteiger partial charge in [-0.1, -0.05) is 54.6 Å². The first-order chi connectivity index (χ1) is 13.1. The fraction of sp³-hybridized carbons (Fsp3) is 0.0870. The van der Waals surface area contributed by atoms with Crippen LogP contribution in [0.1, 0.15) is 23.0 Å². The van der Waals surface area contributed by atoms with Gasteiger partial charge in [0.15, 0.2) is 0 Å². The molecule has 0 aliphatic heterocycles. The van der Waals surface area contributed by atoms with E-state index in [-0.39, 0.29) is 11.7 Å². The van der Waals surface area contributed by atoms with Crippen molar-refractivity contribution in [3.8, 4) is 0 Å². The van der Waals surface area contributed by atoms with Gasteiger partial charge in [0.05, 0.1) is 5.52 Å². The number of anilines is 1. The number of pyridine rings is 1. The van der Waals surface area contributed by atoms with E-state index in [0.29, 0.717) is 17.8 Å². The smallest absolute Gasteiger partial charge is 0.274 e. The number of rotatable bonds is 4. The molecule has 1 N–H and O–H groups in total. The topological polar surface area (TPSA) is 59.1 Å². The summed E-state index contributed by atoms with van der Waals surface area (Å²) in [4.78, 5) is 28.9. The first kappa shape index (κ1) is 16.9. The number of benzene rings is 3. The summed E-state index contributed by atoms with van der Waals surface area (Å²) < 4.78 is 0. The Hall–Kier alpha value is -3.53. The summed E-state index contributed by atoms with van der Waals surface area (Å²) in [5.74, 6) is -0.189. The summed E-state index contributed by atoms with van der Waals surface area (Å²) in [5.41, 5.74) is 2.72. The van der Waals surface area contributed by atoms with Crippen LogP contribution in [0, 0.1) is 0 Å². The van der Waals surface area contributed by atoms with Crippen molar-refractivity contribution in [1.29, 1.82) is 0 Å². The zero-order valence-corrected chi connectivity index (χ0v) is 14.9. The van der Waals surface area contributed by atoms with Gasteiger partial charge in [0, 0.05) is 22.9 Å². The Bertz CT molecular complexity index is 1180. The summed E-state index contributed by atoms with van der Waals surface area (Å²) in [6.07, 6.45) is 0.332. The molecule has 0 aliphatic rings. The van der Waals surface area contributed by atoms with Crippen molar-refractivity contribution >= 4 is 39.1 Å². The van der Waals surface area contributed by atoms with Crippen molar-refractivity contribution in [3.05, 3.63) is 84.1 Å². The van der Waals surface area contributed by atoms with Crippen molar-refractivity contribution < 1.29 is 9.59 Å². The van der Waals surface area contributed by atoms with E-state index < -0.39 is 0 Å². The van der Waals surface area contributed by atoms with Crippen LogP contribution in [-0.4, -0.2) is 16.7 Å². The number of aromatic nitrogens is 1. The molecule has 27 heavy (non-hydrogen) atoms. The highest BCUT2D eigenvalue weighted by atomic mass is 16.2. The molecule has 132 valence electrons. The lowest BCUT2D eigenvalue weighted by atomic mass is 9.99. The number of hydrogen-bond acceptors (Lipinski definition) is 3. The molecule has 0 saturated heterocycles. The molecule has 4 aromatic rings. The summed E-state index contributed by atoms with van der Waals surface area (Å²) in [6.45, 7) is 1.57. The monoisotopic (exact) mass is 354 g/mol. The van der Waals surface area contributed by atoms with Crippen molar-refractivity contribution in [3.63, 3.8) is 0 Å². The Morgan fingerprint density at radius 1 is 0.852 bits per heavy atom. The van der Waals surface area contributed by atoms with Crippen molar-refractivity contribution in [1.82, 2.24) is 4.98 Å². The van der Waals surface area contributed by atoms with Crippen molar-refractivity contribution in [2.45, 2.75) is 13.3 Å². The summed E-state index contributed by atoms with van der Waals surface area (Å²) >= 11 is 0. The number of ketones is 1. The Morgan fingerprint density at radius 3 is 2.41 bits per heavy atom. The molecule has 0 bridgehead atoms. The predicted octanol–water partition coefficient (Wildman–Crippen LogP) is 4.77. The van der Waals surface area contributed by atoms with E-state index >= 15 is 0 Å². The lowest BCUT2D eigenvalue weighted by molar-refractivity contribution is -0.116. The molecule has 1 amide bonds. The average molecular weight is 354 g/mol. The third-order valence-electron chi connectivity index (χ3n) is 4.51. The van der Waals surface area contributed by atoms with Gasteiger partial charge in [0.1, 0.15) is 11.5 Å². The van der Waals surface area contributed by atoms with Crippen LogP contribution in [0.25, 0.3) is 21.7 Å². The van der Waals surface area contributed by atoms with Crippen LogP contribution in [0.4, 0.5) is 5.69 Å². The van der Waals surface area contributed by atoms with Gasteiger partial charge in [-0.3, -0.25) is 9.59 Å². The quantitative estimate of drug-likeness (QED) is 0.574. The molecular formula is C23H18N2O2. The van der Waals surface area contributed by atoms with Gasteiger partial charge < -0.3 is 5.32 Å². The normalized spacial score (nSPS) is 10.9. The van der Waals surface area contributed by atoms with Crippen LogP contribution in [0.3, 0.4) is 0 Å². The fourth-order valence-corrected chi connectivity index (χ4v) is 3.32. The maximum absolute atomic E-state index is 12.8. The molecule has 4 rings (SSSR count). The third kappa shape index (κ3) is 3.42. The van der Waals surface area contributed by atoms with Gasteiger partial charge in [0.2, 0.25) is 0 Å². The summed E-state index contributed by atoms with van der Waals surface area (Å²) in [5, 5.41) is 5.83. The highest BCUT2D eigenvalue weighted by molar-refractivity contribution is 6.10. The number of nitrogens with one attached hydrogen (secondary N) is 1. The zero-order valence-electron chi connectivity index (χ0n) is 14.9. The first-order valence-corrected chi connectivity index (χ1v) is 8.79. The van der Waals surface area contributed by atoms with Gasteiger partial charge in [-0.05, 0) is 36.1 Å². The Balaban J connectivity index is 1.73. The second kappa shape index (κ2) is 7.00. The highest BCUT2D eigenvalue weighted by Crippen LogP contribution is 2.28. The molecule has 1 aromatic heterocycles. The summed E-state index contributed by atoms with van der Waals surface area (Å²) in [7, 11) is 0. The second-order valence-electron chi connectivity index (χ2n) is 6.54. The molecule has 0 aliphatic carbocycles. The number of Topliss-reactive ketones (excluding diaryl/α,β-unsaturated/α-hetero) is 1. The number of carbonyl (C=O) groups is 2. The number of para-hydroxylation sites is 1. The number of fused-ring (bicyclic) bond motifs is 2. The minimum absolute atomic E-state index is 0.0832. The van der Waals surface area contributed by atoms with E-state index in [1.165, 1.54) is 0 Å². The van der Waals surface area contributed by atoms with Crippen LogP contribution < -0.4 is 5.32 Å². The molecular weight excluding hydrogens is 336 g/mol. The second-order valence-corrected chi connectivity index (χ2v) is 6.54. The lowest BCUT2D eigenvalue weighted by Crippen LogP contribution is -2.14. The number of amides is 1. The van der Waals surface area contributed by atoms with Gasteiger partial charge in [-0.25, -0.2) is 4.98 Å². The highest BCUT2D eigenvalue weighted by Gasteiger charge is 2.13. The largest absolute Gasteiger partial charge is 0.320 e. The van der Waals surface area contributed by atoms with Gasteiger partial charge in [-0.2, -0.15) is 0 Å². The molecule has 0 spiro atoms. The van der Waals surface area contributed by atoms with Crippen LogP contribution in [-0.2, 0) is 11.2 Å². The van der Waals surface area contributed by atoms with E-state index in [1.54, 1.807) is 13.0 Å².